The first-order valence-electron chi connectivity index (χ1n) is 5.93. The normalized spacial score (nSPS) is 15.6. The van der Waals surface area contributed by atoms with E-state index in [2.05, 4.69) is 15.5 Å². The molecule has 2 rings (SSSR count). The van der Waals surface area contributed by atoms with Crippen molar-refractivity contribution >= 4 is 11.9 Å². The van der Waals surface area contributed by atoms with Gasteiger partial charge in [-0.1, -0.05) is 0 Å². The van der Waals surface area contributed by atoms with Crippen LogP contribution in [0.4, 0.5) is 4.79 Å². The van der Waals surface area contributed by atoms with Gasteiger partial charge in [-0.15, -0.1) is 0 Å². The van der Waals surface area contributed by atoms with Gasteiger partial charge in [0.25, 0.3) is 0 Å². The van der Waals surface area contributed by atoms with Crippen LogP contribution in [0, 0.1) is 0 Å². The van der Waals surface area contributed by atoms with Crippen LogP contribution in [0.15, 0.2) is 12.3 Å². The lowest BCUT2D eigenvalue weighted by Gasteiger charge is -2.34. The largest absolute Gasteiger partial charge is 0.339 e. The molecule has 1 aromatic heterocycles. The van der Waals surface area contributed by atoms with E-state index in [0.29, 0.717) is 32.7 Å². The third-order valence-corrected chi connectivity index (χ3v) is 3.00. The van der Waals surface area contributed by atoms with Crippen LogP contribution in [0.2, 0.25) is 0 Å². The number of hydrogen-bond donors (Lipinski definition) is 2. The van der Waals surface area contributed by atoms with Crippen LogP contribution >= 0.6 is 0 Å². The zero-order chi connectivity index (χ0) is 13.0. The highest BCUT2D eigenvalue weighted by molar-refractivity contribution is 5.76. The van der Waals surface area contributed by atoms with E-state index in [1.165, 1.54) is 0 Å². The molecule has 1 fully saturated rings. The predicted molar refractivity (Wildman–Crippen MR) is 64.7 cm³/mol. The van der Waals surface area contributed by atoms with E-state index in [0.717, 1.165) is 5.69 Å². The summed E-state index contributed by atoms with van der Waals surface area (Å²) in [6.45, 7) is 4.35. The van der Waals surface area contributed by atoms with Crippen molar-refractivity contribution in [3.8, 4) is 0 Å². The van der Waals surface area contributed by atoms with Crippen molar-refractivity contribution in [2.24, 2.45) is 0 Å². The number of urea groups is 1. The molecule has 98 valence electrons. The number of hydrogen-bond acceptors (Lipinski definition) is 3. The van der Waals surface area contributed by atoms with Gasteiger partial charge in [0.1, 0.15) is 0 Å². The minimum Gasteiger partial charge on any atom is -0.339 e. The van der Waals surface area contributed by atoms with Gasteiger partial charge < -0.3 is 15.1 Å². The number of aromatic amines is 1. The van der Waals surface area contributed by atoms with Crippen LogP contribution in [0.5, 0.6) is 0 Å². The van der Waals surface area contributed by atoms with Gasteiger partial charge in [-0.05, 0) is 6.07 Å². The van der Waals surface area contributed by atoms with E-state index < -0.39 is 0 Å². The lowest BCUT2D eigenvalue weighted by Crippen LogP contribution is -2.52. The standard InChI is InChI=1S/C11H17N5O2/c1-9(17)15-4-6-16(7-5-15)11(18)12-8-10-2-3-13-14-10/h2-3H,4-8H2,1H3,(H,12,18)(H,13,14). The van der Waals surface area contributed by atoms with Crippen molar-refractivity contribution < 1.29 is 9.59 Å². The van der Waals surface area contributed by atoms with E-state index >= 15 is 0 Å². The Balaban J connectivity index is 1.75. The summed E-state index contributed by atoms with van der Waals surface area (Å²) >= 11 is 0. The molecule has 0 unspecified atom stereocenters. The summed E-state index contributed by atoms with van der Waals surface area (Å²) in [6.07, 6.45) is 1.65. The van der Waals surface area contributed by atoms with Crippen molar-refractivity contribution in [1.29, 1.82) is 0 Å². The maximum absolute atomic E-state index is 11.8. The number of carbonyl (C=O) groups excluding carboxylic acids is 2. The first-order chi connectivity index (χ1) is 8.66. The van der Waals surface area contributed by atoms with Crippen LogP contribution < -0.4 is 5.32 Å². The Labute approximate surface area is 105 Å². The second-order valence-corrected chi connectivity index (χ2v) is 4.23. The smallest absolute Gasteiger partial charge is 0.317 e. The zero-order valence-corrected chi connectivity index (χ0v) is 10.3. The van der Waals surface area contributed by atoms with Gasteiger partial charge in [-0.25, -0.2) is 4.79 Å². The number of rotatable bonds is 2. The molecule has 1 saturated heterocycles. The summed E-state index contributed by atoms with van der Waals surface area (Å²) in [7, 11) is 0. The van der Waals surface area contributed by atoms with E-state index in [9.17, 15) is 9.59 Å². The summed E-state index contributed by atoms with van der Waals surface area (Å²) in [6, 6.07) is 1.71. The topological polar surface area (TPSA) is 81.3 Å². The molecule has 0 bridgehead atoms. The molecular weight excluding hydrogens is 234 g/mol. The molecule has 2 N–H and O–H groups in total. The van der Waals surface area contributed by atoms with E-state index in [1.54, 1.807) is 22.9 Å². The quantitative estimate of drug-likeness (QED) is 0.762. The van der Waals surface area contributed by atoms with Gasteiger partial charge in [-0.3, -0.25) is 9.89 Å². The van der Waals surface area contributed by atoms with E-state index in [-0.39, 0.29) is 11.9 Å². The van der Waals surface area contributed by atoms with Crippen LogP contribution in [-0.4, -0.2) is 58.1 Å². The molecule has 0 aromatic carbocycles. The molecule has 3 amide bonds. The molecule has 18 heavy (non-hydrogen) atoms. The van der Waals surface area contributed by atoms with Crippen molar-refractivity contribution in [3.63, 3.8) is 0 Å². The third kappa shape index (κ3) is 2.99. The Kier molecular flexibility index (Phi) is 3.81. The fraction of sp³-hybridized carbons (Fsp3) is 0.545. The Hall–Kier alpha value is -2.05. The summed E-state index contributed by atoms with van der Waals surface area (Å²) < 4.78 is 0. The lowest BCUT2D eigenvalue weighted by molar-refractivity contribution is -0.130. The second-order valence-electron chi connectivity index (χ2n) is 4.23. The van der Waals surface area contributed by atoms with Gasteiger partial charge in [0.15, 0.2) is 0 Å². The highest BCUT2D eigenvalue weighted by Crippen LogP contribution is 2.02. The molecule has 7 nitrogen and oxygen atoms in total. The van der Waals surface area contributed by atoms with Gasteiger partial charge >= 0.3 is 6.03 Å². The minimum absolute atomic E-state index is 0.0625. The molecule has 0 radical (unpaired) electrons. The Morgan fingerprint density at radius 1 is 1.33 bits per heavy atom. The molecule has 1 aliphatic rings. The molecule has 7 heteroatoms. The second kappa shape index (κ2) is 5.52. The minimum atomic E-state index is -0.104. The van der Waals surface area contributed by atoms with Crippen LogP contribution in [-0.2, 0) is 11.3 Å². The molecule has 0 atom stereocenters. The molecule has 0 saturated carbocycles. The molecule has 0 aliphatic carbocycles. The Morgan fingerprint density at radius 3 is 2.56 bits per heavy atom. The molecule has 0 spiro atoms. The fourth-order valence-corrected chi connectivity index (χ4v) is 1.89. The van der Waals surface area contributed by atoms with Crippen molar-refractivity contribution in [2.45, 2.75) is 13.5 Å². The van der Waals surface area contributed by atoms with Gasteiger partial charge in [0, 0.05) is 39.3 Å². The molecule has 1 aromatic rings. The summed E-state index contributed by atoms with van der Waals surface area (Å²) in [5, 5.41) is 9.40. The number of piperazine rings is 1. The first-order valence-corrected chi connectivity index (χ1v) is 5.93. The highest BCUT2D eigenvalue weighted by atomic mass is 16.2. The summed E-state index contributed by atoms with van der Waals surface area (Å²) in [5.41, 5.74) is 0.866. The maximum atomic E-state index is 11.8. The third-order valence-electron chi connectivity index (χ3n) is 3.00. The summed E-state index contributed by atoms with van der Waals surface area (Å²) in [5.74, 6) is 0.0625. The average molecular weight is 251 g/mol. The first kappa shape index (κ1) is 12.4. The van der Waals surface area contributed by atoms with E-state index in [4.69, 9.17) is 0 Å². The molecular formula is C11H17N5O2. The van der Waals surface area contributed by atoms with Crippen LogP contribution in [0.3, 0.4) is 0 Å². The SMILES string of the molecule is CC(=O)N1CCN(C(=O)NCc2ccn[nH]2)CC1. The van der Waals surface area contributed by atoms with Crippen molar-refractivity contribution in [3.05, 3.63) is 18.0 Å². The number of nitrogens with one attached hydrogen (secondary N) is 2. The maximum Gasteiger partial charge on any atom is 0.317 e. The number of carbonyl (C=O) groups is 2. The van der Waals surface area contributed by atoms with Gasteiger partial charge in [0.2, 0.25) is 5.91 Å². The number of H-pyrrole nitrogens is 1. The Bertz CT molecular complexity index is 409. The monoisotopic (exact) mass is 251 g/mol. The fourth-order valence-electron chi connectivity index (χ4n) is 1.89. The average Bonchev–Trinajstić information content (AvgIpc) is 2.89. The number of amides is 3. The zero-order valence-electron chi connectivity index (χ0n) is 10.3. The van der Waals surface area contributed by atoms with Gasteiger partial charge in [-0.2, -0.15) is 5.10 Å². The Morgan fingerprint density at radius 2 is 2.00 bits per heavy atom. The van der Waals surface area contributed by atoms with E-state index in [1.807, 2.05) is 6.07 Å². The molecule has 2 heterocycles. The van der Waals surface area contributed by atoms with Crippen molar-refractivity contribution in [1.82, 2.24) is 25.3 Å². The number of aromatic nitrogens is 2. The molecule has 1 aliphatic heterocycles. The van der Waals surface area contributed by atoms with Crippen LogP contribution in [0.25, 0.3) is 0 Å². The summed E-state index contributed by atoms with van der Waals surface area (Å²) in [4.78, 5) is 26.5. The van der Waals surface area contributed by atoms with Crippen LogP contribution in [0.1, 0.15) is 12.6 Å². The predicted octanol–water partition coefficient (Wildman–Crippen LogP) is -0.217. The van der Waals surface area contributed by atoms with Gasteiger partial charge in [0.05, 0.1) is 12.2 Å². The number of nitrogens with zero attached hydrogens (tertiary/aromatic N) is 3. The van der Waals surface area contributed by atoms with Crippen molar-refractivity contribution in [2.75, 3.05) is 26.2 Å². The lowest BCUT2D eigenvalue weighted by atomic mass is 10.3. The highest BCUT2D eigenvalue weighted by Gasteiger charge is 2.21.